The predicted molar refractivity (Wildman–Crippen MR) is 100 cm³/mol. The van der Waals surface area contributed by atoms with E-state index in [0.717, 1.165) is 37.2 Å². The van der Waals surface area contributed by atoms with Crippen LogP contribution in [-0.2, 0) is 19.3 Å². The zero-order valence-corrected chi connectivity index (χ0v) is 14.9. The van der Waals surface area contributed by atoms with E-state index in [0.29, 0.717) is 6.54 Å². The van der Waals surface area contributed by atoms with Crippen molar-refractivity contribution in [2.75, 3.05) is 6.54 Å². The van der Waals surface area contributed by atoms with E-state index < -0.39 is 0 Å². The molecule has 2 aromatic heterocycles. The Kier molecular flexibility index (Phi) is 4.32. The van der Waals surface area contributed by atoms with E-state index in [9.17, 15) is 4.79 Å². The van der Waals surface area contributed by atoms with E-state index in [1.165, 1.54) is 11.1 Å². The molecule has 0 atom stereocenters. The average Bonchev–Trinajstić information content (AvgIpc) is 3.18. The molecule has 0 unspecified atom stereocenters. The molecule has 6 heteroatoms. The summed E-state index contributed by atoms with van der Waals surface area (Å²) in [5, 5.41) is 14.5. The number of benzene rings is 1. The van der Waals surface area contributed by atoms with E-state index in [2.05, 4.69) is 52.0 Å². The Morgan fingerprint density at radius 2 is 1.85 bits per heavy atom. The van der Waals surface area contributed by atoms with Crippen molar-refractivity contribution in [2.45, 2.75) is 38.1 Å². The van der Waals surface area contributed by atoms with Gasteiger partial charge in [-0.3, -0.25) is 4.40 Å². The summed E-state index contributed by atoms with van der Waals surface area (Å²) in [6, 6.07) is 14.1. The lowest BCUT2D eigenvalue weighted by Crippen LogP contribution is -2.51. The molecule has 2 heterocycles. The Balaban J connectivity index is 1.25. The minimum Gasteiger partial charge on any atom is -0.338 e. The molecule has 0 bridgehead atoms. The maximum Gasteiger partial charge on any atom is 0.315 e. The van der Waals surface area contributed by atoms with Crippen LogP contribution in [0.4, 0.5) is 4.79 Å². The van der Waals surface area contributed by atoms with Crippen molar-refractivity contribution in [3.63, 3.8) is 0 Å². The summed E-state index contributed by atoms with van der Waals surface area (Å²) >= 11 is 0. The van der Waals surface area contributed by atoms with Crippen LogP contribution in [0.15, 0.2) is 48.7 Å². The van der Waals surface area contributed by atoms with Crippen molar-refractivity contribution < 1.29 is 4.79 Å². The molecule has 3 aromatic rings. The van der Waals surface area contributed by atoms with Gasteiger partial charge in [-0.15, -0.1) is 10.2 Å². The average molecular weight is 349 g/mol. The molecule has 1 aliphatic carbocycles. The number of nitrogens with one attached hydrogen (secondary N) is 2. The number of pyridine rings is 1. The molecule has 2 N–H and O–H groups in total. The molecule has 0 saturated carbocycles. The molecule has 4 rings (SSSR count). The Morgan fingerprint density at radius 3 is 2.62 bits per heavy atom. The van der Waals surface area contributed by atoms with Gasteiger partial charge < -0.3 is 10.6 Å². The normalized spacial score (nSPS) is 15.0. The van der Waals surface area contributed by atoms with E-state index in [1.807, 2.05) is 28.8 Å². The molecule has 134 valence electrons. The lowest BCUT2D eigenvalue weighted by atomic mass is 9.99. The van der Waals surface area contributed by atoms with Crippen molar-refractivity contribution in [3.8, 4) is 0 Å². The molecule has 2 amide bonds. The highest BCUT2D eigenvalue weighted by molar-refractivity contribution is 5.75. The van der Waals surface area contributed by atoms with Crippen molar-refractivity contribution in [2.24, 2.45) is 0 Å². The highest BCUT2D eigenvalue weighted by Crippen LogP contribution is 2.29. The smallest absolute Gasteiger partial charge is 0.315 e. The van der Waals surface area contributed by atoms with Crippen LogP contribution in [0.5, 0.6) is 0 Å². The van der Waals surface area contributed by atoms with E-state index >= 15 is 0 Å². The fraction of sp³-hybridized carbons (Fsp3) is 0.350. The van der Waals surface area contributed by atoms with Crippen LogP contribution >= 0.6 is 0 Å². The summed E-state index contributed by atoms with van der Waals surface area (Å²) in [6.07, 6.45) is 5.31. The van der Waals surface area contributed by atoms with Gasteiger partial charge in [-0.25, -0.2) is 4.79 Å². The number of nitrogens with zero attached hydrogens (tertiary/aromatic N) is 3. The topological polar surface area (TPSA) is 71.3 Å². The summed E-state index contributed by atoms with van der Waals surface area (Å²) in [5.74, 6) is 0.918. The minimum atomic E-state index is -0.211. The van der Waals surface area contributed by atoms with Gasteiger partial charge in [0.25, 0.3) is 0 Å². The van der Waals surface area contributed by atoms with Crippen LogP contribution in [0.2, 0.25) is 0 Å². The first-order chi connectivity index (χ1) is 12.6. The molecule has 0 aliphatic heterocycles. The molecule has 1 aliphatic rings. The zero-order valence-electron chi connectivity index (χ0n) is 14.9. The third-order valence-electron chi connectivity index (χ3n) is 4.94. The number of fused-ring (bicyclic) bond motifs is 2. The molecule has 6 nitrogen and oxygen atoms in total. The van der Waals surface area contributed by atoms with E-state index in [4.69, 9.17) is 0 Å². The summed E-state index contributed by atoms with van der Waals surface area (Å²) in [5.41, 5.74) is 3.29. The monoisotopic (exact) mass is 349 g/mol. The molecule has 0 saturated heterocycles. The van der Waals surface area contributed by atoms with Crippen LogP contribution in [0.1, 0.15) is 30.3 Å². The van der Waals surface area contributed by atoms with Gasteiger partial charge in [0, 0.05) is 24.7 Å². The molecule has 0 spiro atoms. The van der Waals surface area contributed by atoms with Crippen molar-refractivity contribution in [3.05, 3.63) is 65.6 Å². The molecule has 0 fully saturated rings. The van der Waals surface area contributed by atoms with Gasteiger partial charge in [0.1, 0.15) is 5.82 Å². The number of aromatic nitrogens is 3. The third kappa shape index (κ3) is 3.40. The Bertz CT molecular complexity index is 908. The Labute approximate surface area is 152 Å². The fourth-order valence-electron chi connectivity index (χ4n) is 3.72. The maximum absolute atomic E-state index is 12.3. The largest absolute Gasteiger partial charge is 0.338 e. The number of aryl methyl sites for hydroxylation is 1. The molecule has 0 radical (unpaired) electrons. The first-order valence-corrected chi connectivity index (χ1v) is 9.04. The third-order valence-corrected chi connectivity index (χ3v) is 4.94. The van der Waals surface area contributed by atoms with Crippen LogP contribution in [0.25, 0.3) is 5.65 Å². The van der Waals surface area contributed by atoms with E-state index in [1.54, 1.807) is 0 Å². The van der Waals surface area contributed by atoms with Gasteiger partial charge >= 0.3 is 6.03 Å². The molecular formula is C20H23N5O. The highest BCUT2D eigenvalue weighted by atomic mass is 16.2. The van der Waals surface area contributed by atoms with Crippen LogP contribution in [0, 0.1) is 0 Å². The predicted octanol–water partition coefficient (Wildman–Crippen LogP) is 2.52. The van der Waals surface area contributed by atoms with Crippen LogP contribution in [0.3, 0.4) is 0 Å². The fourth-order valence-corrected chi connectivity index (χ4v) is 3.72. The van der Waals surface area contributed by atoms with Crippen molar-refractivity contribution in [1.29, 1.82) is 0 Å². The SMILES string of the molecule is CC1(NC(=O)NCCCc2nnc3ccccn23)Cc2ccccc2C1. The van der Waals surface area contributed by atoms with E-state index in [-0.39, 0.29) is 11.6 Å². The minimum absolute atomic E-state index is 0.105. The second kappa shape index (κ2) is 6.78. The quantitative estimate of drug-likeness (QED) is 0.695. The van der Waals surface area contributed by atoms with Gasteiger partial charge in [0.15, 0.2) is 5.65 Å². The summed E-state index contributed by atoms with van der Waals surface area (Å²) in [4.78, 5) is 12.3. The number of rotatable bonds is 5. The first kappa shape index (κ1) is 16.6. The number of hydrogen-bond acceptors (Lipinski definition) is 3. The highest BCUT2D eigenvalue weighted by Gasteiger charge is 2.33. The molecule has 26 heavy (non-hydrogen) atoms. The zero-order chi connectivity index (χ0) is 18.0. The molecule has 1 aromatic carbocycles. The lowest BCUT2D eigenvalue weighted by Gasteiger charge is -2.25. The first-order valence-electron chi connectivity index (χ1n) is 9.04. The number of carbonyl (C=O) groups excluding carboxylic acids is 1. The second-order valence-corrected chi connectivity index (χ2v) is 7.21. The standard InChI is InChI=1S/C20H23N5O/c1-20(13-15-7-2-3-8-16(15)14-20)22-19(26)21-11-6-10-18-24-23-17-9-4-5-12-25(17)18/h2-5,7-9,12H,6,10-11,13-14H2,1H3,(H2,21,22,26). The van der Waals surface area contributed by atoms with Gasteiger partial charge in [-0.2, -0.15) is 0 Å². The van der Waals surface area contributed by atoms with Crippen molar-refractivity contribution >= 4 is 11.7 Å². The van der Waals surface area contributed by atoms with Gasteiger partial charge in [0.05, 0.1) is 0 Å². The van der Waals surface area contributed by atoms with Crippen molar-refractivity contribution in [1.82, 2.24) is 25.2 Å². The van der Waals surface area contributed by atoms with Gasteiger partial charge in [0.2, 0.25) is 0 Å². The number of urea groups is 1. The Morgan fingerprint density at radius 1 is 1.12 bits per heavy atom. The number of carbonyl (C=O) groups is 1. The van der Waals surface area contributed by atoms with Gasteiger partial charge in [-0.1, -0.05) is 30.3 Å². The number of hydrogen-bond donors (Lipinski definition) is 2. The number of amides is 2. The van der Waals surface area contributed by atoms with Gasteiger partial charge in [-0.05, 0) is 49.4 Å². The summed E-state index contributed by atoms with van der Waals surface area (Å²) in [6.45, 7) is 2.71. The second-order valence-electron chi connectivity index (χ2n) is 7.21. The lowest BCUT2D eigenvalue weighted by molar-refractivity contribution is 0.228. The molecular weight excluding hydrogens is 326 g/mol. The summed E-state index contributed by atoms with van der Waals surface area (Å²) in [7, 11) is 0. The maximum atomic E-state index is 12.3. The summed E-state index contributed by atoms with van der Waals surface area (Å²) < 4.78 is 1.98. The Hall–Kier alpha value is -2.89. The van der Waals surface area contributed by atoms with Crippen LogP contribution in [-0.4, -0.2) is 32.7 Å². The van der Waals surface area contributed by atoms with Crippen LogP contribution < -0.4 is 10.6 Å².